The summed E-state index contributed by atoms with van der Waals surface area (Å²) in [4.78, 5) is 0. The number of hydrogen-bond acceptors (Lipinski definition) is 2. The average molecular weight is 261 g/mol. The molecular formula is C7H8IN3. The third-order valence-corrected chi connectivity index (χ3v) is 1.84. The van der Waals surface area contributed by atoms with Gasteiger partial charge in [-0.2, -0.15) is 10.4 Å². The number of nitrogens with zero attached hydrogens (tertiary/aromatic N) is 3. The molecule has 1 heterocycles. The van der Waals surface area contributed by atoms with E-state index in [-0.39, 0.29) is 5.92 Å². The zero-order valence-electron chi connectivity index (χ0n) is 6.16. The van der Waals surface area contributed by atoms with Gasteiger partial charge in [0.1, 0.15) is 0 Å². The molecule has 0 saturated carbocycles. The summed E-state index contributed by atoms with van der Waals surface area (Å²) < 4.78 is 2.89. The molecule has 0 radical (unpaired) electrons. The largest absolute Gasteiger partial charge is 0.270 e. The summed E-state index contributed by atoms with van der Waals surface area (Å²) in [6.07, 6.45) is 3.71. The van der Waals surface area contributed by atoms with Crippen molar-refractivity contribution in [1.82, 2.24) is 9.78 Å². The van der Waals surface area contributed by atoms with Crippen molar-refractivity contribution in [3.63, 3.8) is 0 Å². The molecular weight excluding hydrogens is 253 g/mol. The second-order valence-corrected chi connectivity index (χ2v) is 3.66. The van der Waals surface area contributed by atoms with Gasteiger partial charge in [0.25, 0.3) is 0 Å². The average Bonchev–Trinajstić information content (AvgIpc) is 2.35. The zero-order chi connectivity index (χ0) is 8.27. The third-order valence-electron chi connectivity index (χ3n) is 1.28. The number of nitriles is 1. The van der Waals surface area contributed by atoms with Gasteiger partial charge >= 0.3 is 0 Å². The van der Waals surface area contributed by atoms with Crippen molar-refractivity contribution < 1.29 is 0 Å². The molecule has 1 aromatic rings. The highest BCUT2D eigenvalue weighted by Gasteiger charge is 2.01. The van der Waals surface area contributed by atoms with Crippen molar-refractivity contribution in [2.45, 2.75) is 13.5 Å². The molecule has 4 heteroatoms. The van der Waals surface area contributed by atoms with Crippen molar-refractivity contribution in [2.24, 2.45) is 5.92 Å². The topological polar surface area (TPSA) is 41.6 Å². The van der Waals surface area contributed by atoms with Crippen LogP contribution in [-0.2, 0) is 6.54 Å². The monoisotopic (exact) mass is 261 g/mol. The van der Waals surface area contributed by atoms with Gasteiger partial charge in [-0.3, -0.25) is 4.68 Å². The van der Waals surface area contributed by atoms with Crippen LogP contribution in [0.15, 0.2) is 12.4 Å². The van der Waals surface area contributed by atoms with Gasteiger partial charge in [0.05, 0.1) is 28.3 Å². The van der Waals surface area contributed by atoms with Crippen LogP contribution in [0.5, 0.6) is 0 Å². The smallest absolute Gasteiger partial charge is 0.0672 e. The summed E-state index contributed by atoms with van der Waals surface area (Å²) in [7, 11) is 0. The summed E-state index contributed by atoms with van der Waals surface area (Å²) >= 11 is 2.19. The van der Waals surface area contributed by atoms with Gasteiger partial charge in [-0.15, -0.1) is 0 Å². The molecule has 0 amide bonds. The fourth-order valence-electron chi connectivity index (χ4n) is 0.760. The molecule has 0 aliphatic carbocycles. The van der Waals surface area contributed by atoms with Crippen molar-refractivity contribution in [3.05, 3.63) is 16.0 Å². The molecule has 0 bridgehead atoms. The van der Waals surface area contributed by atoms with Crippen LogP contribution in [0.1, 0.15) is 6.92 Å². The lowest BCUT2D eigenvalue weighted by atomic mass is 10.2. The van der Waals surface area contributed by atoms with E-state index < -0.39 is 0 Å². The Hall–Kier alpha value is -0.570. The molecule has 0 aromatic carbocycles. The van der Waals surface area contributed by atoms with Crippen molar-refractivity contribution in [2.75, 3.05) is 0 Å². The van der Waals surface area contributed by atoms with Gasteiger partial charge in [-0.1, -0.05) is 0 Å². The Balaban J connectivity index is 2.59. The molecule has 3 nitrogen and oxygen atoms in total. The maximum absolute atomic E-state index is 8.51. The summed E-state index contributed by atoms with van der Waals surface area (Å²) in [5.74, 6) is 0.0331. The fourth-order valence-corrected chi connectivity index (χ4v) is 1.21. The normalized spacial score (nSPS) is 12.5. The lowest BCUT2D eigenvalue weighted by molar-refractivity contribution is 0.528. The minimum absolute atomic E-state index is 0.0331. The molecule has 1 atom stereocenters. The van der Waals surface area contributed by atoms with Gasteiger partial charge < -0.3 is 0 Å². The molecule has 0 N–H and O–H groups in total. The van der Waals surface area contributed by atoms with Crippen LogP contribution in [0.25, 0.3) is 0 Å². The lowest BCUT2D eigenvalue weighted by Gasteiger charge is -2.00. The highest BCUT2D eigenvalue weighted by atomic mass is 127. The zero-order valence-corrected chi connectivity index (χ0v) is 8.32. The van der Waals surface area contributed by atoms with Crippen LogP contribution in [-0.4, -0.2) is 9.78 Å². The summed E-state index contributed by atoms with van der Waals surface area (Å²) in [6.45, 7) is 2.56. The fraction of sp³-hybridized carbons (Fsp3) is 0.429. The van der Waals surface area contributed by atoms with Crippen molar-refractivity contribution in [1.29, 1.82) is 5.26 Å². The van der Waals surface area contributed by atoms with E-state index in [1.54, 1.807) is 10.9 Å². The quantitative estimate of drug-likeness (QED) is 0.759. The summed E-state index contributed by atoms with van der Waals surface area (Å²) in [5, 5.41) is 12.6. The minimum Gasteiger partial charge on any atom is -0.270 e. The molecule has 1 aromatic heterocycles. The molecule has 58 valence electrons. The summed E-state index contributed by atoms with van der Waals surface area (Å²) in [6, 6.07) is 2.16. The highest BCUT2D eigenvalue weighted by Crippen LogP contribution is 2.03. The first-order valence-electron chi connectivity index (χ1n) is 3.30. The van der Waals surface area contributed by atoms with E-state index in [2.05, 4.69) is 33.8 Å². The second kappa shape index (κ2) is 3.72. The van der Waals surface area contributed by atoms with E-state index in [4.69, 9.17) is 5.26 Å². The predicted octanol–water partition coefficient (Wildman–Crippen LogP) is 1.65. The first-order chi connectivity index (χ1) is 5.22. The molecule has 0 aliphatic rings. The van der Waals surface area contributed by atoms with Gasteiger partial charge in [-0.05, 0) is 29.5 Å². The third kappa shape index (κ3) is 2.50. The molecule has 11 heavy (non-hydrogen) atoms. The van der Waals surface area contributed by atoms with E-state index in [0.29, 0.717) is 6.54 Å². The van der Waals surface area contributed by atoms with E-state index in [9.17, 15) is 0 Å². The number of hydrogen-bond donors (Lipinski definition) is 0. The summed E-state index contributed by atoms with van der Waals surface area (Å²) in [5.41, 5.74) is 0. The first-order valence-corrected chi connectivity index (χ1v) is 4.38. The first kappa shape index (κ1) is 8.53. The molecule has 0 saturated heterocycles. The van der Waals surface area contributed by atoms with E-state index in [1.807, 2.05) is 13.1 Å². The number of halogens is 1. The predicted molar refractivity (Wildman–Crippen MR) is 49.7 cm³/mol. The molecule has 0 fully saturated rings. The van der Waals surface area contributed by atoms with Crippen LogP contribution in [0, 0.1) is 20.8 Å². The van der Waals surface area contributed by atoms with Crippen LogP contribution in [0.4, 0.5) is 0 Å². The van der Waals surface area contributed by atoms with Crippen LogP contribution in [0.2, 0.25) is 0 Å². The number of aromatic nitrogens is 2. The Morgan fingerprint density at radius 2 is 2.64 bits per heavy atom. The Morgan fingerprint density at radius 3 is 3.09 bits per heavy atom. The maximum Gasteiger partial charge on any atom is 0.0672 e. The van der Waals surface area contributed by atoms with Crippen molar-refractivity contribution in [3.8, 4) is 6.07 Å². The molecule has 0 unspecified atom stereocenters. The van der Waals surface area contributed by atoms with Crippen LogP contribution < -0.4 is 0 Å². The highest BCUT2D eigenvalue weighted by molar-refractivity contribution is 14.1. The van der Waals surface area contributed by atoms with Gasteiger partial charge in [0, 0.05) is 6.20 Å². The van der Waals surface area contributed by atoms with Gasteiger partial charge in [-0.25, -0.2) is 0 Å². The minimum atomic E-state index is 0.0331. The van der Waals surface area contributed by atoms with E-state index in [1.165, 1.54) is 0 Å². The van der Waals surface area contributed by atoms with Crippen molar-refractivity contribution >= 4 is 22.6 Å². The van der Waals surface area contributed by atoms with Gasteiger partial charge in [0.15, 0.2) is 0 Å². The SMILES string of the molecule is C[C@H](C#N)Cn1cc(I)cn1. The standard InChI is InChI=1S/C7H8IN3/c1-6(2-9)4-11-5-7(8)3-10-11/h3,5-6H,4H2,1H3/t6-/m1/s1. The molecule has 0 spiro atoms. The second-order valence-electron chi connectivity index (χ2n) is 2.41. The Morgan fingerprint density at radius 1 is 1.91 bits per heavy atom. The Labute approximate surface area is 79.2 Å². The Kier molecular flexibility index (Phi) is 2.88. The van der Waals surface area contributed by atoms with Gasteiger partial charge in [0.2, 0.25) is 0 Å². The molecule has 0 aliphatic heterocycles. The van der Waals surface area contributed by atoms with E-state index in [0.717, 1.165) is 3.57 Å². The van der Waals surface area contributed by atoms with Crippen LogP contribution in [0.3, 0.4) is 0 Å². The van der Waals surface area contributed by atoms with Crippen LogP contribution >= 0.6 is 22.6 Å². The lowest BCUT2D eigenvalue weighted by Crippen LogP contribution is -2.05. The molecule has 1 rings (SSSR count). The Bertz CT molecular complexity index is 273. The number of rotatable bonds is 2. The maximum atomic E-state index is 8.51. The van der Waals surface area contributed by atoms with E-state index >= 15 is 0 Å².